The van der Waals surface area contributed by atoms with Crippen LogP contribution in [0.3, 0.4) is 0 Å². The van der Waals surface area contributed by atoms with Crippen LogP contribution in [0.4, 0.5) is 0 Å². The molecular formula is C22H23Cl2NO. The third kappa shape index (κ3) is 6.72. The molecule has 0 aliphatic carbocycles. The molecule has 0 bridgehead atoms. The summed E-state index contributed by atoms with van der Waals surface area (Å²) in [5.74, 6) is 0.886. The standard InChI is InChI=1S/C22H22ClNO.ClH/c23-21-11-9-19(10-12-21)17-25-22-8-4-7-20(15-22)16-24-14-13-18-5-2-1-3-6-18;/h1-12,15,24H,13-14,16-17H2;1H. The van der Waals surface area contributed by atoms with Crippen molar-refractivity contribution in [2.45, 2.75) is 19.6 Å². The van der Waals surface area contributed by atoms with E-state index in [9.17, 15) is 0 Å². The van der Waals surface area contributed by atoms with E-state index < -0.39 is 0 Å². The van der Waals surface area contributed by atoms with Crippen LogP contribution < -0.4 is 10.1 Å². The molecule has 0 heterocycles. The Kier molecular flexibility index (Phi) is 8.49. The number of ether oxygens (including phenoxy) is 1. The van der Waals surface area contributed by atoms with Crippen LogP contribution in [0.5, 0.6) is 5.75 Å². The number of benzene rings is 3. The molecule has 0 spiro atoms. The van der Waals surface area contributed by atoms with Crippen molar-refractivity contribution in [2.75, 3.05) is 6.54 Å². The first-order valence-corrected chi connectivity index (χ1v) is 8.88. The summed E-state index contributed by atoms with van der Waals surface area (Å²) in [4.78, 5) is 0. The number of hydrogen-bond donors (Lipinski definition) is 1. The third-order valence-corrected chi connectivity index (χ3v) is 4.23. The van der Waals surface area contributed by atoms with Crippen molar-refractivity contribution in [3.05, 3.63) is 101 Å². The van der Waals surface area contributed by atoms with Gasteiger partial charge in [0, 0.05) is 11.6 Å². The highest BCUT2D eigenvalue weighted by molar-refractivity contribution is 6.30. The zero-order valence-corrected chi connectivity index (χ0v) is 16.1. The lowest BCUT2D eigenvalue weighted by atomic mass is 10.1. The van der Waals surface area contributed by atoms with E-state index in [0.29, 0.717) is 6.61 Å². The minimum Gasteiger partial charge on any atom is -0.489 e. The van der Waals surface area contributed by atoms with Crippen LogP contribution in [0.2, 0.25) is 5.02 Å². The molecule has 0 atom stereocenters. The Bertz CT molecular complexity index is 776. The van der Waals surface area contributed by atoms with Crippen molar-refractivity contribution in [1.29, 1.82) is 0 Å². The van der Waals surface area contributed by atoms with Crippen molar-refractivity contribution in [1.82, 2.24) is 5.32 Å². The topological polar surface area (TPSA) is 21.3 Å². The summed E-state index contributed by atoms with van der Waals surface area (Å²) < 4.78 is 5.88. The average molecular weight is 388 g/mol. The van der Waals surface area contributed by atoms with Gasteiger partial charge in [0.1, 0.15) is 12.4 Å². The summed E-state index contributed by atoms with van der Waals surface area (Å²) in [7, 11) is 0. The van der Waals surface area contributed by atoms with Gasteiger partial charge in [-0.2, -0.15) is 0 Å². The second-order valence-electron chi connectivity index (χ2n) is 5.97. The zero-order chi connectivity index (χ0) is 17.3. The second kappa shape index (κ2) is 10.9. The molecule has 0 radical (unpaired) electrons. The van der Waals surface area contributed by atoms with Crippen LogP contribution in [0.1, 0.15) is 16.7 Å². The van der Waals surface area contributed by atoms with Gasteiger partial charge in [-0.05, 0) is 53.9 Å². The molecule has 0 saturated heterocycles. The van der Waals surface area contributed by atoms with Crippen LogP contribution in [-0.4, -0.2) is 6.54 Å². The summed E-state index contributed by atoms with van der Waals surface area (Å²) in [5, 5.41) is 4.23. The van der Waals surface area contributed by atoms with Crippen molar-refractivity contribution in [2.24, 2.45) is 0 Å². The average Bonchev–Trinajstić information content (AvgIpc) is 2.66. The van der Waals surface area contributed by atoms with Gasteiger partial charge >= 0.3 is 0 Å². The van der Waals surface area contributed by atoms with Crippen LogP contribution in [0.15, 0.2) is 78.9 Å². The van der Waals surface area contributed by atoms with E-state index in [1.54, 1.807) is 0 Å². The Morgan fingerprint density at radius 1 is 0.769 bits per heavy atom. The van der Waals surface area contributed by atoms with E-state index in [1.807, 2.05) is 42.5 Å². The minimum absolute atomic E-state index is 0. The van der Waals surface area contributed by atoms with Gasteiger partial charge in [-0.3, -0.25) is 0 Å². The second-order valence-corrected chi connectivity index (χ2v) is 6.41. The summed E-state index contributed by atoms with van der Waals surface area (Å²) in [6.07, 6.45) is 1.04. The van der Waals surface area contributed by atoms with Crippen molar-refractivity contribution < 1.29 is 4.74 Å². The number of nitrogens with one attached hydrogen (secondary N) is 1. The monoisotopic (exact) mass is 387 g/mol. The molecule has 0 fully saturated rings. The summed E-state index contributed by atoms with van der Waals surface area (Å²) in [6, 6.07) is 26.5. The highest BCUT2D eigenvalue weighted by Crippen LogP contribution is 2.16. The molecule has 3 rings (SSSR count). The molecule has 0 unspecified atom stereocenters. The molecular weight excluding hydrogens is 365 g/mol. The molecule has 0 aliphatic heterocycles. The highest BCUT2D eigenvalue weighted by Gasteiger charge is 1.99. The molecule has 0 amide bonds. The molecule has 0 aromatic heterocycles. The van der Waals surface area contributed by atoms with E-state index in [2.05, 4.69) is 41.7 Å². The van der Waals surface area contributed by atoms with Gasteiger partial charge in [0.2, 0.25) is 0 Å². The number of halogens is 2. The predicted molar refractivity (Wildman–Crippen MR) is 111 cm³/mol. The van der Waals surface area contributed by atoms with Gasteiger partial charge in [-0.1, -0.05) is 66.2 Å². The van der Waals surface area contributed by atoms with Gasteiger partial charge in [0.05, 0.1) is 0 Å². The van der Waals surface area contributed by atoms with E-state index in [0.717, 1.165) is 35.8 Å². The molecule has 26 heavy (non-hydrogen) atoms. The van der Waals surface area contributed by atoms with Gasteiger partial charge < -0.3 is 10.1 Å². The highest BCUT2D eigenvalue weighted by atomic mass is 35.5. The molecule has 3 aromatic rings. The van der Waals surface area contributed by atoms with Gasteiger partial charge in [-0.15, -0.1) is 12.4 Å². The van der Waals surface area contributed by atoms with Crippen LogP contribution in [-0.2, 0) is 19.6 Å². The minimum atomic E-state index is 0. The predicted octanol–water partition coefficient (Wildman–Crippen LogP) is 5.67. The largest absolute Gasteiger partial charge is 0.489 e. The van der Waals surface area contributed by atoms with Crippen LogP contribution in [0.25, 0.3) is 0 Å². The Balaban J connectivity index is 0.00000243. The molecule has 4 heteroatoms. The Labute approximate surface area is 166 Å². The lowest BCUT2D eigenvalue weighted by molar-refractivity contribution is 0.306. The fourth-order valence-corrected chi connectivity index (χ4v) is 2.73. The van der Waals surface area contributed by atoms with Crippen molar-refractivity contribution in [3.63, 3.8) is 0 Å². The van der Waals surface area contributed by atoms with Crippen molar-refractivity contribution in [3.8, 4) is 5.75 Å². The number of rotatable bonds is 8. The Hall–Kier alpha value is -2.00. The van der Waals surface area contributed by atoms with Crippen LogP contribution in [0, 0.1) is 0 Å². The first-order valence-electron chi connectivity index (χ1n) is 8.50. The quantitative estimate of drug-likeness (QED) is 0.502. The van der Waals surface area contributed by atoms with Crippen LogP contribution >= 0.6 is 24.0 Å². The first kappa shape index (κ1) is 20.3. The SMILES string of the molecule is Cl.Clc1ccc(COc2cccc(CNCCc3ccccc3)c2)cc1. The molecule has 3 aromatic carbocycles. The molecule has 136 valence electrons. The maximum Gasteiger partial charge on any atom is 0.120 e. The first-order chi connectivity index (χ1) is 12.3. The fraction of sp³-hybridized carbons (Fsp3) is 0.182. The normalized spacial score (nSPS) is 10.2. The molecule has 0 aliphatic rings. The lowest BCUT2D eigenvalue weighted by Crippen LogP contribution is -2.16. The smallest absolute Gasteiger partial charge is 0.120 e. The van der Waals surface area contributed by atoms with Crippen molar-refractivity contribution >= 4 is 24.0 Å². The van der Waals surface area contributed by atoms with Gasteiger partial charge in [-0.25, -0.2) is 0 Å². The van der Waals surface area contributed by atoms with E-state index in [4.69, 9.17) is 16.3 Å². The number of hydrogen-bond acceptors (Lipinski definition) is 2. The van der Waals surface area contributed by atoms with E-state index in [-0.39, 0.29) is 12.4 Å². The Morgan fingerprint density at radius 3 is 2.27 bits per heavy atom. The lowest BCUT2D eigenvalue weighted by Gasteiger charge is -2.09. The van der Waals surface area contributed by atoms with Gasteiger partial charge in [0.25, 0.3) is 0 Å². The summed E-state index contributed by atoms with van der Waals surface area (Å²) in [6.45, 7) is 2.34. The van der Waals surface area contributed by atoms with Gasteiger partial charge in [0.15, 0.2) is 0 Å². The molecule has 0 saturated carbocycles. The summed E-state index contributed by atoms with van der Waals surface area (Å²) in [5.41, 5.74) is 3.69. The maximum absolute atomic E-state index is 5.90. The zero-order valence-electron chi connectivity index (χ0n) is 14.5. The third-order valence-electron chi connectivity index (χ3n) is 3.98. The molecule has 2 nitrogen and oxygen atoms in total. The maximum atomic E-state index is 5.90. The fourth-order valence-electron chi connectivity index (χ4n) is 2.60. The van der Waals surface area contributed by atoms with E-state index >= 15 is 0 Å². The Morgan fingerprint density at radius 2 is 1.50 bits per heavy atom. The molecule has 1 N–H and O–H groups in total. The van der Waals surface area contributed by atoms with E-state index in [1.165, 1.54) is 11.1 Å². The summed E-state index contributed by atoms with van der Waals surface area (Å²) >= 11 is 5.90.